The highest BCUT2D eigenvalue weighted by atomic mass is 79.9. The Bertz CT molecular complexity index is 914. The second-order valence-corrected chi connectivity index (χ2v) is 8.26. The average Bonchev–Trinajstić information content (AvgIpc) is 3.11. The van der Waals surface area contributed by atoms with Crippen LogP contribution in [-0.4, -0.2) is 28.3 Å². The molecule has 0 aliphatic rings. The number of halogens is 1. The van der Waals surface area contributed by atoms with E-state index in [-0.39, 0.29) is 23.3 Å². The molecule has 1 heterocycles. The van der Waals surface area contributed by atoms with E-state index in [0.29, 0.717) is 5.13 Å². The molecule has 0 aliphatic carbocycles. The molecular formula is C19H16BrN3O2S2. The predicted molar refractivity (Wildman–Crippen MR) is 116 cm³/mol. The van der Waals surface area contributed by atoms with Crippen molar-refractivity contribution in [3.05, 3.63) is 64.5 Å². The van der Waals surface area contributed by atoms with Crippen molar-refractivity contribution in [2.75, 3.05) is 22.1 Å². The molecule has 0 unspecified atom stereocenters. The first-order chi connectivity index (χ1) is 13.1. The summed E-state index contributed by atoms with van der Waals surface area (Å²) >= 11 is 6.04. The Morgan fingerprint density at radius 3 is 2.33 bits per heavy atom. The number of thiazole rings is 1. The minimum atomic E-state index is -0.177. The third-order valence-electron chi connectivity index (χ3n) is 3.41. The summed E-state index contributed by atoms with van der Waals surface area (Å²) in [5.41, 5.74) is 2.55. The third kappa shape index (κ3) is 6.20. The normalized spacial score (nSPS) is 10.4. The van der Waals surface area contributed by atoms with Gasteiger partial charge >= 0.3 is 0 Å². The Labute approximate surface area is 173 Å². The van der Waals surface area contributed by atoms with Crippen LogP contribution in [0, 0.1) is 0 Å². The van der Waals surface area contributed by atoms with E-state index in [2.05, 4.69) is 31.5 Å². The van der Waals surface area contributed by atoms with Gasteiger partial charge in [0.15, 0.2) is 5.13 Å². The smallest absolute Gasteiger partial charge is 0.236 e. The zero-order chi connectivity index (χ0) is 19.1. The van der Waals surface area contributed by atoms with Gasteiger partial charge in [-0.2, -0.15) is 0 Å². The number of anilines is 2. The highest BCUT2D eigenvalue weighted by Gasteiger charge is 2.10. The number of hydrogen-bond acceptors (Lipinski definition) is 5. The maximum absolute atomic E-state index is 12.0. The van der Waals surface area contributed by atoms with Crippen LogP contribution >= 0.6 is 39.0 Å². The van der Waals surface area contributed by atoms with Gasteiger partial charge in [0.2, 0.25) is 11.8 Å². The van der Waals surface area contributed by atoms with Crippen LogP contribution in [0.25, 0.3) is 11.3 Å². The van der Waals surface area contributed by atoms with Crippen molar-refractivity contribution in [1.82, 2.24) is 4.98 Å². The first-order valence-electron chi connectivity index (χ1n) is 8.04. The van der Waals surface area contributed by atoms with E-state index in [1.54, 1.807) is 0 Å². The summed E-state index contributed by atoms with van der Waals surface area (Å²) in [5.74, 6) is 0.0923. The van der Waals surface area contributed by atoms with Gasteiger partial charge in [-0.1, -0.05) is 46.3 Å². The molecule has 0 fully saturated rings. The number of thioether (sulfide) groups is 1. The number of para-hydroxylation sites is 1. The summed E-state index contributed by atoms with van der Waals surface area (Å²) < 4.78 is 1.00. The molecule has 0 atom stereocenters. The number of aromatic nitrogens is 1. The molecule has 8 heteroatoms. The number of carbonyl (C=O) groups is 2. The highest BCUT2D eigenvalue weighted by molar-refractivity contribution is 9.10. The molecule has 1 aromatic heterocycles. The molecule has 2 amide bonds. The van der Waals surface area contributed by atoms with E-state index in [4.69, 9.17) is 0 Å². The van der Waals surface area contributed by atoms with Crippen LogP contribution in [0.4, 0.5) is 10.8 Å². The van der Waals surface area contributed by atoms with Crippen LogP contribution in [0.1, 0.15) is 0 Å². The van der Waals surface area contributed by atoms with Crippen LogP contribution in [0.5, 0.6) is 0 Å². The van der Waals surface area contributed by atoms with Gasteiger partial charge in [0.05, 0.1) is 17.2 Å². The molecule has 2 N–H and O–H groups in total. The Balaban J connectivity index is 1.43. The molecule has 0 saturated carbocycles. The molecule has 2 aromatic carbocycles. The summed E-state index contributed by atoms with van der Waals surface area (Å²) in [5, 5.41) is 8.01. The van der Waals surface area contributed by atoms with Crippen molar-refractivity contribution in [3.8, 4) is 11.3 Å². The van der Waals surface area contributed by atoms with E-state index in [0.717, 1.165) is 21.4 Å². The van der Waals surface area contributed by atoms with Crippen molar-refractivity contribution in [2.45, 2.75) is 0 Å². The minimum Gasteiger partial charge on any atom is -0.325 e. The second kappa shape index (κ2) is 9.68. The van der Waals surface area contributed by atoms with E-state index in [1.165, 1.54) is 23.1 Å². The quantitative estimate of drug-likeness (QED) is 0.525. The molecule has 0 aliphatic heterocycles. The summed E-state index contributed by atoms with van der Waals surface area (Å²) in [6.45, 7) is 0. The van der Waals surface area contributed by atoms with Crippen molar-refractivity contribution >= 4 is 61.7 Å². The molecule has 3 aromatic rings. The van der Waals surface area contributed by atoms with Crippen molar-refractivity contribution in [2.24, 2.45) is 0 Å². The SMILES string of the molecule is O=C(CSCC(=O)Nc1nc(-c2ccc(Br)cc2)cs1)Nc1ccccc1. The fourth-order valence-corrected chi connectivity index (χ4v) is 3.81. The van der Waals surface area contributed by atoms with Crippen LogP contribution in [0.15, 0.2) is 64.5 Å². The van der Waals surface area contributed by atoms with Crippen molar-refractivity contribution < 1.29 is 9.59 Å². The van der Waals surface area contributed by atoms with E-state index < -0.39 is 0 Å². The molecule has 0 bridgehead atoms. The molecule has 5 nitrogen and oxygen atoms in total. The number of hydrogen-bond donors (Lipinski definition) is 2. The Morgan fingerprint density at radius 2 is 1.63 bits per heavy atom. The lowest BCUT2D eigenvalue weighted by molar-refractivity contribution is -0.114. The summed E-state index contributed by atoms with van der Waals surface area (Å²) in [7, 11) is 0. The average molecular weight is 462 g/mol. The minimum absolute atomic E-state index is 0.134. The van der Waals surface area contributed by atoms with E-state index >= 15 is 0 Å². The Morgan fingerprint density at radius 1 is 0.963 bits per heavy atom. The van der Waals surface area contributed by atoms with Gasteiger partial charge in [0.1, 0.15) is 0 Å². The molecular weight excluding hydrogens is 446 g/mol. The van der Waals surface area contributed by atoms with Gasteiger partial charge < -0.3 is 10.6 Å². The summed E-state index contributed by atoms with van der Waals surface area (Å²) in [4.78, 5) is 28.3. The van der Waals surface area contributed by atoms with Crippen molar-refractivity contribution in [3.63, 3.8) is 0 Å². The van der Waals surface area contributed by atoms with Gasteiger partial charge in [-0.3, -0.25) is 9.59 Å². The van der Waals surface area contributed by atoms with Gasteiger partial charge in [0, 0.05) is 21.1 Å². The molecule has 27 heavy (non-hydrogen) atoms. The van der Waals surface area contributed by atoms with Gasteiger partial charge in [-0.25, -0.2) is 4.98 Å². The largest absolute Gasteiger partial charge is 0.325 e. The van der Waals surface area contributed by atoms with Gasteiger partial charge in [0.25, 0.3) is 0 Å². The number of carbonyl (C=O) groups excluding carboxylic acids is 2. The summed E-state index contributed by atoms with van der Waals surface area (Å²) in [6, 6.07) is 17.1. The second-order valence-electron chi connectivity index (χ2n) is 5.50. The van der Waals surface area contributed by atoms with E-state index in [1.807, 2.05) is 60.0 Å². The first kappa shape index (κ1) is 19.6. The topological polar surface area (TPSA) is 71.1 Å². The lowest BCUT2D eigenvalue weighted by atomic mass is 10.2. The Hall–Kier alpha value is -2.16. The lowest BCUT2D eigenvalue weighted by Gasteiger charge is -2.05. The molecule has 0 saturated heterocycles. The zero-order valence-electron chi connectivity index (χ0n) is 14.1. The Kier molecular flexibility index (Phi) is 7.03. The number of amides is 2. The van der Waals surface area contributed by atoms with Gasteiger partial charge in [-0.15, -0.1) is 23.1 Å². The van der Waals surface area contributed by atoms with E-state index in [9.17, 15) is 9.59 Å². The van der Waals surface area contributed by atoms with Crippen LogP contribution in [-0.2, 0) is 9.59 Å². The number of nitrogens with one attached hydrogen (secondary N) is 2. The molecule has 0 spiro atoms. The third-order valence-corrected chi connectivity index (χ3v) is 5.63. The molecule has 3 rings (SSSR count). The molecule has 0 radical (unpaired) electrons. The fraction of sp³-hybridized carbons (Fsp3) is 0.105. The maximum atomic E-state index is 12.0. The highest BCUT2D eigenvalue weighted by Crippen LogP contribution is 2.26. The van der Waals surface area contributed by atoms with Crippen LogP contribution in [0.2, 0.25) is 0 Å². The lowest BCUT2D eigenvalue weighted by Crippen LogP contribution is -2.18. The van der Waals surface area contributed by atoms with Crippen LogP contribution in [0.3, 0.4) is 0 Å². The maximum Gasteiger partial charge on any atom is 0.236 e. The fourth-order valence-electron chi connectivity index (χ4n) is 2.19. The monoisotopic (exact) mass is 461 g/mol. The molecule has 138 valence electrons. The van der Waals surface area contributed by atoms with Crippen molar-refractivity contribution in [1.29, 1.82) is 0 Å². The summed E-state index contributed by atoms with van der Waals surface area (Å²) in [6.07, 6.45) is 0. The number of benzene rings is 2. The number of nitrogens with zero attached hydrogens (tertiary/aromatic N) is 1. The first-order valence-corrected chi connectivity index (χ1v) is 10.9. The predicted octanol–water partition coefficient (Wildman–Crippen LogP) is 4.88. The van der Waals surface area contributed by atoms with Gasteiger partial charge in [-0.05, 0) is 24.3 Å². The van der Waals surface area contributed by atoms with Crippen LogP contribution < -0.4 is 10.6 Å². The standard InChI is InChI=1S/C19H16BrN3O2S2/c20-14-8-6-13(7-9-14)16-10-27-19(22-16)23-18(25)12-26-11-17(24)21-15-4-2-1-3-5-15/h1-10H,11-12H2,(H,21,24)(H,22,23,25). The zero-order valence-corrected chi connectivity index (χ0v) is 17.4. The number of rotatable bonds is 7.